The number of hydrogen-bond donors (Lipinski definition) is 2. The Hall–Kier alpha value is -0.590. The molecule has 0 radical (unpaired) electrons. The smallest absolute Gasteiger partial charge is 0.0645 e. The molecule has 0 aliphatic rings. The van der Waals surface area contributed by atoms with E-state index in [1.54, 1.807) is 6.07 Å². The summed E-state index contributed by atoms with van der Waals surface area (Å²) in [6.07, 6.45) is 0.250. The van der Waals surface area contributed by atoms with Crippen LogP contribution < -0.4 is 5.32 Å². The number of rotatable bonds is 3. The number of aliphatic hydroxyl groups excluding tert-OH is 1. The zero-order valence-corrected chi connectivity index (χ0v) is 8.46. The van der Waals surface area contributed by atoms with Crippen LogP contribution in [0.2, 0.25) is 0 Å². The molecule has 0 spiro atoms. The first-order chi connectivity index (χ1) is 5.54. The molecule has 0 saturated carbocycles. The van der Waals surface area contributed by atoms with E-state index >= 15 is 0 Å². The topological polar surface area (TPSA) is 56.0 Å². The Labute approximate surface area is 75.4 Å². The molecule has 0 rings (SSSR count). The van der Waals surface area contributed by atoms with E-state index in [4.69, 9.17) is 10.4 Å². The Morgan fingerprint density at radius 1 is 1.25 bits per heavy atom. The van der Waals surface area contributed by atoms with Gasteiger partial charge in [0.2, 0.25) is 0 Å². The van der Waals surface area contributed by atoms with Gasteiger partial charge >= 0.3 is 0 Å². The van der Waals surface area contributed by atoms with Crippen molar-refractivity contribution in [3.63, 3.8) is 0 Å². The molecule has 0 amide bonds. The maximum absolute atomic E-state index is 7.84. The second-order valence-electron chi connectivity index (χ2n) is 3.11. The van der Waals surface area contributed by atoms with Crippen molar-refractivity contribution in [3.05, 3.63) is 0 Å². The summed E-state index contributed by atoms with van der Waals surface area (Å²) in [7, 11) is 0. The van der Waals surface area contributed by atoms with Gasteiger partial charge in [-0.25, -0.2) is 0 Å². The zero-order valence-electron chi connectivity index (χ0n) is 8.46. The van der Waals surface area contributed by atoms with Gasteiger partial charge in [-0.05, 0) is 0 Å². The lowest BCUT2D eigenvalue weighted by molar-refractivity contribution is 0.304. The first-order valence-electron chi connectivity index (χ1n) is 4.28. The summed E-state index contributed by atoms with van der Waals surface area (Å²) in [5.74, 6) is 0. The van der Waals surface area contributed by atoms with E-state index < -0.39 is 0 Å². The fraction of sp³-hybridized carbons (Fsp3) is 0.889. The fourth-order valence-corrected chi connectivity index (χ4v) is 0.717. The van der Waals surface area contributed by atoms with E-state index in [9.17, 15) is 0 Å². The first-order valence-corrected chi connectivity index (χ1v) is 4.28. The van der Waals surface area contributed by atoms with E-state index in [1.807, 2.05) is 0 Å². The summed E-state index contributed by atoms with van der Waals surface area (Å²) in [6.45, 7) is 8.59. The minimum atomic E-state index is -0.0174. The van der Waals surface area contributed by atoms with Crippen LogP contribution in [0.15, 0.2) is 0 Å². The van der Waals surface area contributed by atoms with Crippen molar-refractivity contribution in [1.82, 2.24) is 5.32 Å². The van der Waals surface area contributed by atoms with Gasteiger partial charge in [0.15, 0.2) is 0 Å². The number of nitriles is 1. The highest BCUT2D eigenvalue weighted by atomic mass is 16.2. The largest absolute Gasteiger partial charge is 0.395 e. The van der Waals surface area contributed by atoms with Gasteiger partial charge in [-0.1, -0.05) is 27.7 Å². The summed E-state index contributed by atoms with van der Waals surface area (Å²) in [6, 6.07) is 3.02. The molecule has 0 aromatic heterocycles. The van der Waals surface area contributed by atoms with E-state index in [0.29, 0.717) is 12.1 Å². The number of hydrogen-bond acceptors (Lipinski definition) is 3. The van der Waals surface area contributed by atoms with Crippen molar-refractivity contribution >= 4 is 0 Å². The molecule has 0 aromatic carbocycles. The highest BCUT2D eigenvalue weighted by molar-refractivity contribution is 4.65. The minimum absolute atomic E-state index is 0.0174. The maximum atomic E-state index is 7.84. The van der Waals surface area contributed by atoms with Crippen LogP contribution in [-0.4, -0.2) is 23.8 Å². The average molecular weight is 172 g/mol. The molecule has 72 valence electrons. The lowest BCUT2D eigenvalue weighted by atomic mass is 10.3. The molecule has 3 nitrogen and oxygen atoms in total. The highest BCUT2D eigenvalue weighted by Crippen LogP contribution is 1.80. The first kappa shape index (κ1) is 14.0. The van der Waals surface area contributed by atoms with Crippen LogP contribution in [-0.2, 0) is 0 Å². The predicted molar refractivity (Wildman–Crippen MR) is 50.7 cm³/mol. The molecule has 0 heterocycles. The summed E-state index contributed by atoms with van der Waals surface area (Å²) in [5, 5.41) is 18.8. The molecule has 0 fully saturated rings. The summed E-state index contributed by atoms with van der Waals surface area (Å²) >= 11 is 0. The monoisotopic (exact) mass is 172 g/mol. The average Bonchev–Trinajstić information content (AvgIpc) is 1.87. The van der Waals surface area contributed by atoms with Gasteiger partial charge < -0.3 is 10.4 Å². The molecule has 0 aromatic rings. The number of nitrogens with one attached hydrogen (secondary N) is 1. The SMILES string of the molecule is CC(C)NC(C)C.N#CCCO. The van der Waals surface area contributed by atoms with Crippen LogP contribution in [0, 0.1) is 11.3 Å². The van der Waals surface area contributed by atoms with Crippen LogP contribution in [0.3, 0.4) is 0 Å². The van der Waals surface area contributed by atoms with Crippen molar-refractivity contribution in [3.8, 4) is 6.07 Å². The molecule has 3 heteroatoms. The van der Waals surface area contributed by atoms with E-state index in [1.165, 1.54) is 0 Å². The molecular weight excluding hydrogens is 152 g/mol. The maximum Gasteiger partial charge on any atom is 0.0645 e. The molecule has 2 N–H and O–H groups in total. The molecule has 12 heavy (non-hydrogen) atoms. The minimum Gasteiger partial charge on any atom is -0.395 e. The standard InChI is InChI=1S/C6H15N.C3H5NO/c1-5(2)7-6(3)4;4-2-1-3-5/h5-7H,1-4H3;5H,1,3H2. The van der Waals surface area contributed by atoms with Crippen LogP contribution >= 0.6 is 0 Å². The van der Waals surface area contributed by atoms with Crippen LogP contribution in [0.25, 0.3) is 0 Å². The second-order valence-corrected chi connectivity index (χ2v) is 3.11. The van der Waals surface area contributed by atoms with Crippen LogP contribution in [0.4, 0.5) is 0 Å². The Balaban J connectivity index is 0. The van der Waals surface area contributed by atoms with Gasteiger partial charge in [0.25, 0.3) is 0 Å². The molecular formula is C9H20N2O. The van der Waals surface area contributed by atoms with Gasteiger partial charge in [-0.2, -0.15) is 5.26 Å². The number of nitrogens with zero attached hydrogens (tertiary/aromatic N) is 1. The lowest BCUT2D eigenvalue weighted by Crippen LogP contribution is -2.29. The fourth-order valence-electron chi connectivity index (χ4n) is 0.717. The van der Waals surface area contributed by atoms with E-state index in [0.717, 1.165) is 0 Å². The van der Waals surface area contributed by atoms with Gasteiger partial charge in [-0.15, -0.1) is 0 Å². The van der Waals surface area contributed by atoms with Gasteiger partial charge in [0, 0.05) is 12.1 Å². The Morgan fingerprint density at radius 2 is 1.67 bits per heavy atom. The third-order valence-corrected chi connectivity index (χ3v) is 0.890. The van der Waals surface area contributed by atoms with E-state index in [-0.39, 0.29) is 13.0 Å². The second kappa shape index (κ2) is 10.4. The molecule has 0 atom stereocenters. The molecule has 0 saturated heterocycles. The van der Waals surface area contributed by atoms with Gasteiger partial charge in [-0.3, -0.25) is 0 Å². The molecule has 0 aliphatic heterocycles. The summed E-state index contributed by atoms with van der Waals surface area (Å²) in [5.41, 5.74) is 0. The molecule has 0 bridgehead atoms. The van der Waals surface area contributed by atoms with Crippen LogP contribution in [0.1, 0.15) is 34.1 Å². The Morgan fingerprint density at radius 3 is 1.67 bits per heavy atom. The van der Waals surface area contributed by atoms with Crippen molar-refractivity contribution in [2.24, 2.45) is 0 Å². The molecule has 0 aliphatic carbocycles. The predicted octanol–water partition coefficient (Wildman–Crippen LogP) is 1.29. The normalized spacial score (nSPS) is 9.17. The summed E-state index contributed by atoms with van der Waals surface area (Å²) < 4.78 is 0. The van der Waals surface area contributed by atoms with Crippen molar-refractivity contribution in [1.29, 1.82) is 5.26 Å². The third-order valence-electron chi connectivity index (χ3n) is 0.890. The molecule has 0 unspecified atom stereocenters. The lowest BCUT2D eigenvalue weighted by Gasteiger charge is -2.10. The zero-order chi connectivity index (χ0) is 9.98. The highest BCUT2D eigenvalue weighted by Gasteiger charge is 1.92. The van der Waals surface area contributed by atoms with Gasteiger partial charge in [0.05, 0.1) is 19.1 Å². The quantitative estimate of drug-likeness (QED) is 0.674. The van der Waals surface area contributed by atoms with E-state index in [2.05, 4.69) is 33.0 Å². The van der Waals surface area contributed by atoms with Crippen molar-refractivity contribution in [2.45, 2.75) is 46.2 Å². The third kappa shape index (κ3) is 22.7. The van der Waals surface area contributed by atoms with Gasteiger partial charge in [0.1, 0.15) is 0 Å². The Kier molecular flexibility index (Phi) is 12.1. The van der Waals surface area contributed by atoms with Crippen molar-refractivity contribution < 1.29 is 5.11 Å². The van der Waals surface area contributed by atoms with Crippen LogP contribution in [0.5, 0.6) is 0 Å². The Bertz CT molecular complexity index is 110. The summed E-state index contributed by atoms with van der Waals surface area (Å²) in [4.78, 5) is 0. The van der Waals surface area contributed by atoms with Crippen molar-refractivity contribution in [2.75, 3.05) is 6.61 Å². The number of aliphatic hydroxyl groups is 1.